The van der Waals surface area contributed by atoms with Crippen LogP contribution in [0.5, 0.6) is 0 Å². The topological polar surface area (TPSA) is 6.48 Å². The van der Waals surface area contributed by atoms with Crippen LogP contribution in [0.2, 0.25) is 0 Å². The Morgan fingerprint density at radius 2 is 1.46 bits per heavy atom. The molecule has 1 saturated heterocycles. The highest BCUT2D eigenvalue weighted by atomic mass is 19.4. The molecule has 2 aromatic rings. The summed E-state index contributed by atoms with van der Waals surface area (Å²) >= 11 is 0. The summed E-state index contributed by atoms with van der Waals surface area (Å²) in [6.07, 6.45) is -12.9. The number of halogens is 10. The van der Waals surface area contributed by atoms with Gasteiger partial charge in [0.25, 0.3) is 0 Å². The number of benzene rings is 2. The zero-order valence-corrected chi connectivity index (χ0v) is 26.5. The molecule has 0 aromatic heterocycles. The zero-order chi connectivity index (χ0) is 34.8. The Balaban J connectivity index is 0.00000185. The number of alkyl halides is 9. The number of nitrogens with zero attached hydrogens (tertiary/aromatic N) is 2. The molecule has 2 atom stereocenters. The first-order valence-corrected chi connectivity index (χ1v) is 15.2. The number of likely N-dealkylation sites (tertiary alicyclic amines) is 1. The van der Waals surface area contributed by atoms with E-state index in [2.05, 4.69) is 20.4 Å². The minimum atomic E-state index is -5.00. The SMILES string of the molecule is C=C1CC(c2cc(C(F)(F)F)cc(C(F)(F)F)c2)C(C)N1CC1=C(c2ccc(F)c(C(C)C)c2)CCN(CC(F)(F)F)C1.CCC. The van der Waals surface area contributed by atoms with Crippen LogP contribution < -0.4 is 0 Å². The van der Waals surface area contributed by atoms with Crippen LogP contribution in [0.4, 0.5) is 43.9 Å². The molecule has 0 spiro atoms. The van der Waals surface area contributed by atoms with Crippen LogP contribution in [0.15, 0.2) is 54.2 Å². The maximum atomic E-state index is 14.5. The van der Waals surface area contributed by atoms with Crippen LogP contribution >= 0.6 is 0 Å². The van der Waals surface area contributed by atoms with Crippen molar-refractivity contribution < 1.29 is 43.9 Å². The molecule has 0 N–H and O–H groups in total. The largest absolute Gasteiger partial charge is 0.416 e. The van der Waals surface area contributed by atoms with E-state index in [1.165, 1.54) is 17.4 Å². The Morgan fingerprint density at radius 3 is 1.96 bits per heavy atom. The van der Waals surface area contributed by atoms with Gasteiger partial charge < -0.3 is 4.90 Å². The van der Waals surface area contributed by atoms with Crippen molar-refractivity contribution in [3.8, 4) is 0 Å². The lowest BCUT2D eigenvalue weighted by molar-refractivity contribution is -0.145. The monoisotopic (exact) mass is 666 g/mol. The maximum absolute atomic E-state index is 14.5. The average molecular weight is 667 g/mol. The van der Waals surface area contributed by atoms with E-state index in [0.29, 0.717) is 22.4 Å². The summed E-state index contributed by atoms with van der Waals surface area (Å²) in [5.41, 5.74) is -0.0655. The van der Waals surface area contributed by atoms with E-state index in [0.717, 1.165) is 17.7 Å². The number of rotatable bonds is 6. The van der Waals surface area contributed by atoms with Crippen LogP contribution in [-0.2, 0) is 12.4 Å². The van der Waals surface area contributed by atoms with Gasteiger partial charge in [0, 0.05) is 37.3 Å². The van der Waals surface area contributed by atoms with Crippen molar-refractivity contribution in [3.05, 3.63) is 87.9 Å². The summed E-state index contributed by atoms with van der Waals surface area (Å²) < 4.78 is 136. The van der Waals surface area contributed by atoms with Gasteiger partial charge in [0.05, 0.1) is 17.7 Å². The molecule has 2 nitrogen and oxygen atoms in total. The third-order valence-corrected chi connectivity index (χ3v) is 8.22. The lowest BCUT2D eigenvalue weighted by Gasteiger charge is -2.36. The van der Waals surface area contributed by atoms with Crippen molar-refractivity contribution in [2.45, 2.75) is 90.3 Å². The summed E-state index contributed by atoms with van der Waals surface area (Å²) in [5.74, 6) is -1.32. The van der Waals surface area contributed by atoms with Crippen LogP contribution in [0.1, 0.15) is 93.5 Å². The molecule has 0 radical (unpaired) electrons. The Labute approximate surface area is 263 Å². The minimum Gasteiger partial charge on any atom is -0.368 e. The molecule has 2 heterocycles. The van der Waals surface area contributed by atoms with Gasteiger partial charge in [0.15, 0.2) is 0 Å². The fraction of sp³-hybridized carbons (Fsp3) is 0.529. The highest BCUT2D eigenvalue weighted by Gasteiger charge is 2.41. The third-order valence-electron chi connectivity index (χ3n) is 8.22. The summed E-state index contributed by atoms with van der Waals surface area (Å²) in [6, 6.07) is 5.48. The Bertz CT molecular complexity index is 1370. The van der Waals surface area contributed by atoms with Gasteiger partial charge in [-0.25, -0.2) is 4.39 Å². The summed E-state index contributed by atoms with van der Waals surface area (Å²) in [6.45, 7) is 12.5. The third kappa shape index (κ3) is 9.29. The second kappa shape index (κ2) is 14.4. The second-order valence-corrected chi connectivity index (χ2v) is 12.3. The molecule has 0 saturated carbocycles. The molecular formula is C34H40F10N2. The standard InChI is InChI=1S/C31H32F10N2.C3H8/c1-17(2)26-12-20(5-6-28(26)32)25-7-8-42(16-29(33,34)35)14-22(25)15-43-18(3)9-27(19(43)4)21-10-23(30(36,37)38)13-24(11-21)31(39,40)41;1-3-2/h5-6,10-13,17,19,27H,3,7-9,14-16H2,1-2,4H3;3H2,1-2H3. The van der Waals surface area contributed by atoms with Crippen molar-refractivity contribution in [2.75, 3.05) is 26.2 Å². The van der Waals surface area contributed by atoms with Gasteiger partial charge in [-0.15, -0.1) is 0 Å². The lowest BCUT2D eigenvalue weighted by atomic mass is 9.88. The molecule has 256 valence electrons. The van der Waals surface area contributed by atoms with Gasteiger partial charge in [-0.3, -0.25) is 4.90 Å². The molecule has 1 fully saturated rings. The molecule has 0 amide bonds. The Hall–Kier alpha value is -3.02. The van der Waals surface area contributed by atoms with Gasteiger partial charge in [-0.05, 0) is 83.9 Å². The lowest BCUT2D eigenvalue weighted by Crippen LogP contribution is -2.41. The van der Waals surface area contributed by atoms with E-state index in [1.807, 2.05) is 13.8 Å². The highest BCUT2D eigenvalue weighted by molar-refractivity contribution is 5.71. The number of hydrogen-bond acceptors (Lipinski definition) is 2. The molecular weight excluding hydrogens is 626 g/mol. The molecule has 0 aliphatic carbocycles. The number of hydrogen-bond donors (Lipinski definition) is 0. The van der Waals surface area contributed by atoms with Gasteiger partial charge in [-0.2, -0.15) is 39.5 Å². The van der Waals surface area contributed by atoms with E-state index in [-0.39, 0.29) is 50.0 Å². The van der Waals surface area contributed by atoms with Gasteiger partial charge in [0.1, 0.15) is 5.82 Å². The van der Waals surface area contributed by atoms with E-state index in [9.17, 15) is 43.9 Å². The molecule has 46 heavy (non-hydrogen) atoms. The van der Waals surface area contributed by atoms with E-state index < -0.39 is 54.0 Å². The molecule has 12 heteroatoms. The van der Waals surface area contributed by atoms with E-state index in [1.54, 1.807) is 24.0 Å². The van der Waals surface area contributed by atoms with E-state index >= 15 is 0 Å². The molecule has 4 rings (SSSR count). The number of allylic oxidation sites excluding steroid dienone is 1. The second-order valence-electron chi connectivity index (χ2n) is 12.3. The van der Waals surface area contributed by atoms with Gasteiger partial charge in [-0.1, -0.05) is 46.8 Å². The Morgan fingerprint density at radius 1 is 0.891 bits per heavy atom. The van der Waals surface area contributed by atoms with Crippen molar-refractivity contribution in [3.63, 3.8) is 0 Å². The molecule has 2 aliphatic heterocycles. The first-order chi connectivity index (χ1) is 21.2. The Kier molecular flexibility index (Phi) is 11.7. The van der Waals surface area contributed by atoms with Crippen LogP contribution in [0, 0.1) is 5.82 Å². The van der Waals surface area contributed by atoms with Gasteiger partial charge >= 0.3 is 18.5 Å². The van der Waals surface area contributed by atoms with Gasteiger partial charge in [0.2, 0.25) is 0 Å². The fourth-order valence-corrected chi connectivity index (χ4v) is 6.05. The summed E-state index contributed by atoms with van der Waals surface area (Å²) in [5, 5.41) is 0. The van der Waals surface area contributed by atoms with Crippen LogP contribution in [-0.4, -0.2) is 48.2 Å². The van der Waals surface area contributed by atoms with Crippen molar-refractivity contribution in [1.29, 1.82) is 0 Å². The molecule has 2 aliphatic rings. The summed E-state index contributed by atoms with van der Waals surface area (Å²) in [4.78, 5) is 2.98. The predicted octanol–water partition coefficient (Wildman–Crippen LogP) is 10.8. The summed E-state index contributed by atoms with van der Waals surface area (Å²) in [7, 11) is 0. The normalized spacial score (nSPS) is 20.0. The smallest absolute Gasteiger partial charge is 0.368 e. The fourth-order valence-electron chi connectivity index (χ4n) is 6.05. The van der Waals surface area contributed by atoms with Crippen molar-refractivity contribution in [2.24, 2.45) is 0 Å². The molecule has 2 unspecified atom stereocenters. The molecule has 0 bridgehead atoms. The van der Waals surface area contributed by atoms with Crippen LogP contribution in [0.3, 0.4) is 0 Å². The average Bonchev–Trinajstić information content (AvgIpc) is 3.20. The quantitative estimate of drug-likeness (QED) is 0.283. The van der Waals surface area contributed by atoms with Crippen LogP contribution in [0.25, 0.3) is 5.57 Å². The predicted molar refractivity (Wildman–Crippen MR) is 160 cm³/mol. The maximum Gasteiger partial charge on any atom is 0.416 e. The van der Waals surface area contributed by atoms with E-state index in [4.69, 9.17) is 0 Å². The zero-order valence-electron chi connectivity index (χ0n) is 26.5. The van der Waals surface area contributed by atoms with Crippen molar-refractivity contribution in [1.82, 2.24) is 9.80 Å². The van der Waals surface area contributed by atoms with Crippen molar-refractivity contribution >= 4 is 5.57 Å². The molecule has 2 aromatic carbocycles. The minimum absolute atomic E-state index is 0.0633. The highest BCUT2D eigenvalue weighted by Crippen LogP contribution is 2.44. The first-order valence-electron chi connectivity index (χ1n) is 15.2. The first kappa shape index (κ1) is 37.4.